The fourth-order valence-corrected chi connectivity index (χ4v) is 3.28. The SMILES string of the molecule is CN=c1c(S(=O)(=O)C(C)=N)cc2ccc(Cl)cc2n1C. The third-order valence-corrected chi connectivity index (χ3v) is 5.00. The Balaban J connectivity index is 3.03. The number of halogens is 1. The number of aryl methyl sites for hydroxylation is 1. The lowest BCUT2D eigenvalue weighted by Crippen LogP contribution is -2.28. The molecule has 0 radical (unpaired) electrons. The maximum atomic E-state index is 12.3. The summed E-state index contributed by atoms with van der Waals surface area (Å²) in [5.41, 5.74) is 1.08. The normalized spacial score (nSPS) is 12.9. The van der Waals surface area contributed by atoms with Crippen molar-refractivity contribution in [1.29, 1.82) is 5.41 Å². The van der Waals surface area contributed by atoms with Crippen LogP contribution < -0.4 is 5.49 Å². The van der Waals surface area contributed by atoms with Crippen molar-refractivity contribution < 1.29 is 8.42 Å². The largest absolute Gasteiger partial charge is 0.328 e. The van der Waals surface area contributed by atoms with E-state index < -0.39 is 14.9 Å². The molecular weight excluding hydrogens is 298 g/mol. The Bertz CT molecular complexity index is 882. The monoisotopic (exact) mass is 311 g/mol. The van der Waals surface area contributed by atoms with Gasteiger partial charge in [0.1, 0.15) is 15.4 Å². The maximum absolute atomic E-state index is 12.3. The van der Waals surface area contributed by atoms with Gasteiger partial charge in [0.2, 0.25) is 9.84 Å². The van der Waals surface area contributed by atoms with Gasteiger partial charge in [0, 0.05) is 19.1 Å². The van der Waals surface area contributed by atoms with Gasteiger partial charge in [-0.1, -0.05) is 17.7 Å². The molecule has 0 atom stereocenters. The van der Waals surface area contributed by atoms with Gasteiger partial charge in [-0.3, -0.25) is 10.4 Å². The molecule has 2 rings (SSSR count). The lowest BCUT2D eigenvalue weighted by Gasteiger charge is -2.11. The van der Waals surface area contributed by atoms with E-state index in [1.165, 1.54) is 20.0 Å². The second-order valence-corrected chi connectivity index (χ2v) is 6.87. The van der Waals surface area contributed by atoms with E-state index in [-0.39, 0.29) is 4.90 Å². The highest BCUT2D eigenvalue weighted by Crippen LogP contribution is 2.20. The molecule has 0 aliphatic heterocycles. The standard InChI is InChI=1S/C13H14ClN3O2S/c1-8(15)20(18,19)12-6-9-4-5-10(14)7-11(9)17(3)13(12)16-2/h4-7,15H,1-3H3. The molecule has 1 aromatic carbocycles. The number of pyridine rings is 1. The quantitative estimate of drug-likeness (QED) is 0.647. The molecule has 1 heterocycles. The average molecular weight is 312 g/mol. The van der Waals surface area contributed by atoms with E-state index in [0.29, 0.717) is 10.5 Å². The van der Waals surface area contributed by atoms with Gasteiger partial charge in [0.25, 0.3) is 0 Å². The van der Waals surface area contributed by atoms with Crippen molar-refractivity contribution in [3.63, 3.8) is 0 Å². The van der Waals surface area contributed by atoms with E-state index >= 15 is 0 Å². The number of sulfone groups is 1. The third kappa shape index (κ3) is 2.25. The molecule has 1 N–H and O–H groups in total. The second-order valence-electron chi connectivity index (χ2n) is 4.38. The van der Waals surface area contributed by atoms with Gasteiger partial charge in [0.15, 0.2) is 0 Å². The Hall–Kier alpha value is -1.66. The van der Waals surface area contributed by atoms with Crippen LogP contribution in [-0.2, 0) is 16.9 Å². The summed E-state index contributed by atoms with van der Waals surface area (Å²) in [6, 6.07) is 6.72. The lowest BCUT2D eigenvalue weighted by molar-refractivity contribution is 0.603. The first-order valence-electron chi connectivity index (χ1n) is 5.81. The Morgan fingerprint density at radius 1 is 1.35 bits per heavy atom. The Kier molecular flexibility index (Phi) is 3.71. The summed E-state index contributed by atoms with van der Waals surface area (Å²) in [5.74, 6) is 0. The summed E-state index contributed by atoms with van der Waals surface area (Å²) in [5, 5.41) is 8.34. The van der Waals surface area contributed by atoms with Gasteiger partial charge in [-0.05, 0) is 30.5 Å². The Morgan fingerprint density at radius 2 is 2.00 bits per heavy atom. The third-order valence-electron chi connectivity index (χ3n) is 3.08. The number of fused-ring (bicyclic) bond motifs is 1. The van der Waals surface area contributed by atoms with E-state index in [2.05, 4.69) is 4.99 Å². The van der Waals surface area contributed by atoms with Gasteiger partial charge >= 0.3 is 0 Å². The molecule has 0 saturated carbocycles. The molecular formula is C13H14ClN3O2S. The summed E-state index contributed by atoms with van der Waals surface area (Å²) in [6.45, 7) is 1.25. The lowest BCUT2D eigenvalue weighted by atomic mass is 10.2. The molecule has 2 aromatic rings. The fourth-order valence-electron chi connectivity index (χ4n) is 2.04. The molecule has 0 bridgehead atoms. The van der Waals surface area contributed by atoms with Gasteiger partial charge in [0.05, 0.1) is 5.52 Å². The summed E-state index contributed by atoms with van der Waals surface area (Å²) < 4.78 is 26.2. The first-order valence-corrected chi connectivity index (χ1v) is 7.67. The van der Waals surface area contributed by atoms with Gasteiger partial charge in [-0.25, -0.2) is 8.42 Å². The van der Waals surface area contributed by atoms with E-state index in [0.717, 1.165) is 10.9 Å². The van der Waals surface area contributed by atoms with Crippen LogP contribution in [0, 0.1) is 5.41 Å². The second kappa shape index (κ2) is 5.03. The van der Waals surface area contributed by atoms with E-state index in [1.807, 2.05) is 0 Å². The van der Waals surface area contributed by atoms with Crippen LogP contribution in [0.2, 0.25) is 5.02 Å². The van der Waals surface area contributed by atoms with Crippen molar-refractivity contribution in [3.05, 3.63) is 34.8 Å². The van der Waals surface area contributed by atoms with Crippen LogP contribution in [0.4, 0.5) is 0 Å². The highest BCUT2D eigenvalue weighted by atomic mass is 35.5. The number of aromatic nitrogens is 1. The smallest absolute Gasteiger partial charge is 0.222 e. The molecule has 0 aliphatic rings. The molecule has 0 amide bonds. The molecule has 0 fully saturated rings. The van der Waals surface area contributed by atoms with Crippen LogP contribution in [0.25, 0.3) is 10.9 Å². The zero-order chi connectivity index (χ0) is 15.1. The fraction of sp³-hybridized carbons (Fsp3) is 0.231. The number of hydrogen-bond donors (Lipinski definition) is 1. The molecule has 0 saturated heterocycles. The van der Waals surface area contributed by atoms with Crippen LogP contribution in [0.15, 0.2) is 34.2 Å². The molecule has 1 aromatic heterocycles. The highest BCUT2D eigenvalue weighted by molar-refractivity contribution is 8.06. The molecule has 20 heavy (non-hydrogen) atoms. The zero-order valence-electron chi connectivity index (χ0n) is 11.3. The number of nitrogens with zero attached hydrogens (tertiary/aromatic N) is 2. The van der Waals surface area contributed by atoms with Crippen LogP contribution in [0.5, 0.6) is 0 Å². The summed E-state index contributed by atoms with van der Waals surface area (Å²) in [6.07, 6.45) is 0. The molecule has 0 spiro atoms. The van der Waals surface area contributed by atoms with Crippen molar-refractivity contribution in [2.24, 2.45) is 12.0 Å². The van der Waals surface area contributed by atoms with Gasteiger partial charge in [-0.15, -0.1) is 0 Å². The minimum absolute atomic E-state index is 0.0322. The first kappa shape index (κ1) is 14.7. The molecule has 0 unspecified atom stereocenters. The van der Waals surface area contributed by atoms with Crippen LogP contribution >= 0.6 is 11.6 Å². The van der Waals surface area contributed by atoms with Gasteiger partial charge in [-0.2, -0.15) is 0 Å². The predicted octanol–water partition coefficient (Wildman–Crippen LogP) is 2.13. The predicted molar refractivity (Wildman–Crippen MR) is 80.0 cm³/mol. The molecule has 5 nitrogen and oxygen atoms in total. The summed E-state index contributed by atoms with van der Waals surface area (Å²) in [4.78, 5) is 4.07. The van der Waals surface area contributed by atoms with Crippen molar-refractivity contribution in [1.82, 2.24) is 4.57 Å². The summed E-state index contributed by atoms with van der Waals surface area (Å²) in [7, 11) is -0.569. The van der Waals surface area contributed by atoms with Crippen LogP contribution in [-0.4, -0.2) is 25.1 Å². The van der Waals surface area contributed by atoms with E-state index in [4.69, 9.17) is 17.0 Å². The van der Waals surface area contributed by atoms with Crippen molar-refractivity contribution >= 4 is 37.4 Å². The van der Waals surface area contributed by atoms with Crippen LogP contribution in [0.1, 0.15) is 6.92 Å². The number of hydrogen-bond acceptors (Lipinski definition) is 4. The minimum Gasteiger partial charge on any atom is -0.328 e. The number of rotatable bonds is 1. The minimum atomic E-state index is -3.81. The topological polar surface area (TPSA) is 75.3 Å². The molecule has 106 valence electrons. The Labute approximate surface area is 122 Å². The molecule has 0 aliphatic carbocycles. The maximum Gasteiger partial charge on any atom is 0.222 e. The average Bonchev–Trinajstić information content (AvgIpc) is 2.39. The Morgan fingerprint density at radius 3 is 2.55 bits per heavy atom. The van der Waals surface area contributed by atoms with Crippen molar-refractivity contribution in [2.45, 2.75) is 11.8 Å². The zero-order valence-corrected chi connectivity index (χ0v) is 12.9. The molecule has 7 heteroatoms. The van der Waals surface area contributed by atoms with Crippen molar-refractivity contribution in [2.75, 3.05) is 7.05 Å². The van der Waals surface area contributed by atoms with Crippen LogP contribution in [0.3, 0.4) is 0 Å². The van der Waals surface area contributed by atoms with E-state index in [1.54, 1.807) is 29.8 Å². The number of nitrogens with one attached hydrogen (secondary N) is 1. The first-order chi connectivity index (χ1) is 9.28. The summed E-state index contributed by atoms with van der Waals surface area (Å²) >= 11 is 5.97. The van der Waals surface area contributed by atoms with Crippen molar-refractivity contribution in [3.8, 4) is 0 Å². The number of benzene rings is 1. The van der Waals surface area contributed by atoms with Gasteiger partial charge < -0.3 is 4.57 Å². The highest BCUT2D eigenvalue weighted by Gasteiger charge is 2.21. The van der Waals surface area contributed by atoms with E-state index in [9.17, 15) is 8.42 Å².